The van der Waals surface area contributed by atoms with Crippen LogP contribution in [0, 0.1) is 5.92 Å². The second-order valence-corrected chi connectivity index (χ2v) is 5.23. The second-order valence-electron chi connectivity index (χ2n) is 5.23. The number of benzene rings is 1. The van der Waals surface area contributed by atoms with Crippen molar-refractivity contribution in [3.05, 3.63) is 24.3 Å². The zero-order valence-electron chi connectivity index (χ0n) is 11.8. The van der Waals surface area contributed by atoms with E-state index in [2.05, 4.69) is 0 Å². The average molecular weight is 263 g/mol. The molecule has 3 heteroatoms. The highest BCUT2D eigenvalue weighted by Crippen LogP contribution is 2.29. The molecule has 0 aromatic heterocycles. The summed E-state index contributed by atoms with van der Waals surface area (Å²) in [6.07, 6.45) is 6.18. The average Bonchev–Trinajstić information content (AvgIpc) is 2.95. The van der Waals surface area contributed by atoms with Crippen molar-refractivity contribution in [2.75, 3.05) is 13.2 Å². The molecule has 0 radical (unpaired) electrons. The molecule has 1 unspecified atom stereocenters. The summed E-state index contributed by atoms with van der Waals surface area (Å²) in [6.45, 7) is 3.30. The smallest absolute Gasteiger partial charge is 0.161 e. The van der Waals surface area contributed by atoms with Crippen LogP contribution in [0.3, 0.4) is 0 Å². The Balaban J connectivity index is 1.78. The highest BCUT2D eigenvalue weighted by molar-refractivity contribution is 5.39. The van der Waals surface area contributed by atoms with Crippen molar-refractivity contribution in [1.82, 2.24) is 0 Å². The predicted octanol–water partition coefficient (Wildman–Crippen LogP) is 3.37. The summed E-state index contributed by atoms with van der Waals surface area (Å²) in [4.78, 5) is 0. The normalized spacial score (nSPS) is 17.4. The highest BCUT2D eigenvalue weighted by atomic mass is 16.5. The SMILES string of the molecule is CCOc1ccccc1OCCC(N)C1CCCC1. The molecule has 1 aliphatic rings. The van der Waals surface area contributed by atoms with Gasteiger partial charge in [-0.05, 0) is 44.2 Å². The second kappa shape index (κ2) is 7.39. The van der Waals surface area contributed by atoms with Crippen LogP contribution in [0.25, 0.3) is 0 Å². The van der Waals surface area contributed by atoms with Gasteiger partial charge >= 0.3 is 0 Å². The highest BCUT2D eigenvalue weighted by Gasteiger charge is 2.21. The van der Waals surface area contributed by atoms with Crippen LogP contribution in [0.15, 0.2) is 24.3 Å². The summed E-state index contributed by atoms with van der Waals surface area (Å²) in [5, 5.41) is 0. The number of nitrogens with two attached hydrogens (primary N) is 1. The molecule has 2 N–H and O–H groups in total. The molecular weight excluding hydrogens is 238 g/mol. The maximum Gasteiger partial charge on any atom is 0.161 e. The van der Waals surface area contributed by atoms with E-state index >= 15 is 0 Å². The molecule has 1 aliphatic carbocycles. The first-order valence-electron chi connectivity index (χ1n) is 7.41. The Morgan fingerprint density at radius 3 is 2.42 bits per heavy atom. The van der Waals surface area contributed by atoms with Crippen molar-refractivity contribution in [2.24, 2.45) is 11.7 Å². The van der Waals surface area contributed by atoms with Crippen LogP contribution in [0.4, 0.5) is 0 Å². The number of ether oxygens (including phenoxy) is 2. The summed E-state index contributed by atoms with van der Waals surface area (Å²) in [5.41, 5.74) is 6.23. The van der Waals surface area contributed by atoms with Gasteiger partial charge in [0.25, 0.3) is 0 Å². The molecule has 0 heterocycles. The molecule has 1 atom stereocenters. The third kappa shape index (κ3) is 4.13. The van der Waals surface area contributed by atoms with Gasteiger partial charge in [-0.1, -0.05) is 25.0 Å². The Hall–Kier alpha value is -1.22. The summed E-state index contributed by atoms with van der Waals surface area (Å²) < 4.78 is 11.4. The summed E-state index contributed by atoms with van der Waals surface area (Å²) in [5.74, 6) is 2.34. The topological polar surface area (TPSA) is 44.5 Å². The molecule has 1 aromatic carbocycles. The van der Waals surface area contributed by atoms with E-state index in [1.807, 2.05) is 31.2 Å². The van der Waals surface area contributed by atoms with Gasteiger partial charge in [-0.25, -0.2) is 0 Å². The Morgan fingerprint density at radius 1 is 1.16 bits per heavy atom. The Labute approximate surface area is 116 Å². The first kappa shape index (κ1) is 14.2. The van der Waals surface area contributed by atoms with Crippen LogP contribution in [0.1, 0.15) is 39.0 Å². The van der Waals surface area contributed by atoms with Crippen molar-refractivity contribution in [3.63, 3.8) is 0 Å². The first-order valence-corrected chi connectivity index (χ1v) is 7.41. The minimum Gasteiger partial charge on any atom is -0.490 e. The van der Waals surface area contributed by atoms with E-state index in [1.54, 1.807) is 0 Å². The van der Waals surface area contributed by atoms with E-state index in [-0.39, 0.29) is 6.04 Å². The molecule has 0 amide bonds. The van der Waals surface area contributed by atoms with Crippen LogP contribution < -0.4 is 15.2 Å². The lowest BCUT2D eigenvalue weighted by molar-refractivity contribution is 0.253. The third-order valence-electron chi connectivity index (χ3n) is 3.86. The van der Waals surface area contributed by atoms with Crippen LogP contribution in [-0.2, 0) is 0 Å². The van der Waals surface area contributed by atoms with Crippen molar-refractivity contribution in [2.45, 2.75) is 45.1 Å². The minimum absolute atomic E-state index is 0.279. The van der Waals surface area contributed by atoms with E-state index < -0.39 is 0 Å². The standard InChI is InChI=1S/C16H25NO2/c1-2-18-15-9-5-6-10-16(15)19-12-11-14(17)13-7-3-4-8-13/h5-6,9-10,13-14H,2-4,7-8,11-12,17H2,1H3. The molecule has 0 aliphatic heterocycles. The van der Waals surface area contributed by atoms with Gasteiger partial charge in [0.15, 0.2) is 11.5 Å². The Morgan fingerprint density at radius 2 is 1.79 bits per heavy atom. The molecule has 2 rings (SSSR count). The fourth-order valence-corrected chi connectivity index (χ4v) is 2.77. The van der Waals surface area contributed by atoms with Gasteiger partial charge in [0.2, 0.25) is 0 Å². The van der Waals surface area contributed by atoms with Gasteiger partial charge in [0.1, 0.15) is 0 Å². The van der Waals surface area contributed by atoms with Crippen LogP contribution in [0.5, 0.6) is 11.5 Å². The molecule has 1 aromatic rings. The first-order chi connectivity index (χ1) is 9.31. The molecule has 106 valence electrons. The zero-order chi connectivity index (χ0) is 13.5. The van der Waals surface area contributed by atoms with E-state index in [9.17, 15) is 0 Å². The molecule has 1 fully saturated rings. The maximum atomic E-state index is 6.23. The van der Waals surface area contributed by atoms with Gasteiger partial charge in [-0.2, -0.15) is 0 Å². The predicted molar refractivity (Wildman–Crippen MR) is 77.7 cm³/mol. The van der Waals surface area contributed by atoms with Crippen LogP contribution in [0.2, 0.25) is 0 Å². The van der Waals surface area contributed by atoms with Crippen molar-refractivity contribution >= 4 is 0 Å². The fourth-order valence-electron chi connectivity index (χ4n) is 2.77. The van der Waals surface area contributed by atoms with Crippen LogP contribution >= 0.6 is 0 Å². The lowest BCUT2D eigenvalue weighted by atomic mass is 9.97. The quantitative estimate of drug-likeness (QED) is 0.820. The lowest BCUT2D eigenvalue weighted by Crippen LogP contribution is -2.30. The fraction of sp³-hybridized carbons (Fsp3) is 0.625. The summed E-state index contributed by atoms with van der Waals surface area (Å²) >= 11 is 0. The number of hydrogen-bond donors (Lipinski definition) is 1. The van der Waals surface area contributed by atoms with Gasteiger partial charge in [-0.15, -0.1) is 0 Å². The number of hydrogen-bond acceptors (Lipinski definition) is 3. The molecule has 19 heavy (non-hydrogen) atoms. The molecular formula is C16H25NO2. The van der Waals surface area contributed by atoms with E-state index in [1.165, 1.54) is 25.7 Å². The van der Waals surface area contributed by atoms with Crippen molar-refractivity contribution in [3.8, 4) is 11.5 Å². The number of para-hydroxylation sites is 2. The maximum absolute atomic E-state index is 6.23. The third-order valence-corrected chi connectivity index (χ3v) is 3.86. The van der Waals surface area contributed by atoms with Crippen molar-refractivity contribution in [1.29, 1.82) is 0 Å². The van der Waals surface area contributed by atoms with Gasteiger partial charge in [-0.3, -0.25) is 0 Å². The van der Waals surface area contributed by atoms with E-state index in [0.717, 1.165) is 17.9 Å². The van der Waals surface area contributed by atoms with E-state index in [4.69, 9.17) is 15.2 Å². The summed E-state index contributed by atoms with van der Waals surface area (Å²) in [7, 11) is 0. The molecule has 1 saturated carbocycles. The van der Waals surface area contributed by atoms with Gasteiger partial charge in [0.05, 0.1) is 13.2 Å². The largest absolute Gasteiger partial charge is 0.490 e. The molecule has 0 saturated heterocycles. The molecule has 0 bridgehead atoms. The zero-order valence-corrected chi connectivity index (χ0v) is 11.8. The van der Waals surface area contributed by atoms with Crippen molar-refractivity contribution < 1.29 is 9.47 Å². The minimum atomic E-state index is 0.279. The molecule has 3 nitrogen and oxygen atoms in total. The van der Waals surface area contributed by atoms with Gasteiger partial charge < -0.3 is 15.2 Å². The summed E-state index contributed by atoms with van der Waals surface area (Å²) in [6, 6.07) is 8.10. The van der Waals surface area contributed by atoms with Crippen LogP contribution in [-0.4, -0.2) is 19.3 Å². The Kier molecular flexibility index (Phi) is 5.52. The number of rotatable bonds is 7. The van der Waals surface area contributed by atoms with E-state index in [0.29, 0.717) is 19.1 Å². The molecule has 0 spiro atoms. The lowest BCUT2D eigenvalue weighted by Gasteiger charge is -2.19. The monoisotopic (exact) mass is 263 g/mol. The van der Waals surface area contributed by atoms with Gasteiger partial charge in [0, 0.05) is 6.04 Å². The Bertz CT molecular complexity index is 375.